The van der Waals surface area contributed by atoms with Gasteiger partial charge in [-0.1, -0.05) is 23.2 Å². The molecule has 0 aliphatic heterocycles. The van der Waals surface area contributed by atoms with E-state index in [9.17, 15) is 4.79 Å². The van der Waals surface area contributed by atoms with Gasteiger partial charge in [-0.05, 0) is 30.3 Å². The van der Waals surface area contributed by atoms with Crippen LogP contribution in [0.15, 0.2) is 36.4 Å². The SMILES string of the molecule is COc1ccc(NCCC(=O)Nc2cc(Cl)ccc2Cl)c(OC)c1. The van der Waals surface area contributed by atoms with Crippen molar-refractivity contribution in [1.29, 1.82) is 0 Å². The molecule has 2 N–H and O–H groups in total. The molecule has 0 saturated carbocycles. The van der Waals surface area contributed by atoms with Gasteiger partial charge in [-0.25, -0.2) is 0 Å². The lowest BCUT2D eigenvalue weighted by Gasteiger charge is -2.13. The molecule has 5 nitrogen and oxygen atoms in total. The first-order valence-corrected chi connectivity index (χ1v) is 8.00. The number of nitrogens with one attached hydrogen (secondary N) is 2. The molecule has 0 fully saturated rings. The van der Waals surface area contributed by atoms with Gasteiger partial charge in [0, 0.05) is 24.1 Å². The quantitative estimate of drug-likeness (QED) is 0.757. The minimum absolute atomic E-state index is 0.167. The van der Waals surface area contributed by atoms with E-state index in [1.54, 1.807) is 38.5 Å². The van der Waals surface area contributed by atoms with Crippen LogP contribution in [0.3, 0.4) is 0 Å². The lowest BCUT2D eigenvalue weighted by Crippen LogP contribution is -2.16. The van der Waals surface area contributed by atoms with E-state index in [1.165, 1.54) is 0 Å². The number of anilines is 2. The first kappa shape index (κ1) is 18.2. The fourth-order valence-electron chi connectivity index (χ4n) is 2.06. The Kier molecular flexibility index (Phi) is 6.58. The van der Waals surface area contributed by atoms with Crippen LogP contribution in [0.2, 0.25) is 10.0 Å². The number of benzene rings is 2. The van der Waals surface area contributed by atoms with Crippen LogP contribution in [0.1, 0.15) is 6.42 Å². The molecule has 1 amide bonds. The van der Waals surface area contributed by atoms with E-state index in [0.717, 1.165) is 5.69 Å². The number of halogens is 2. The van der Waals surface area contributed by atoms with Gasteiger partial charge in [0.1, 0.15) is 11.5 Å². The first-order chi connectivity index (χ1) is 11.5. The zero-order valence-corrected chi connectivity index (χ0v) is 14.9. The Hall–Kier alpha value is -2.11. The molecule has 7 heteroatoms. The first-order valence-electron chi connectivity index (χ1n) is 7.24. The summed E-state index contributed by atoms with van der Waals surface area (Å²) in [4.78, 5) is 12.0. The van der Waals surface area contributed by atoms with Crippen LogP contribution in [0.5, 0.6) is 11.5 Å². The van der Waals surface area contributed by atoms with Crippen molar-refractivity contribution < 1.29 is 14.3 Å². The fourth-order valence-corrected chi connectivity index (χ4v) is 2.40. The molecular formula is C17H18Cl2N2O3. The third kappa shape index (κ3) is 4.94. The lowest BCUT2D eigenvalue weighted by atomic mass is 10.2. The zero-order chi connectivity index (χ0) is 17.5. The maximum absolute atomic E-state index is 12.0. The molecule has 0 bridgehead atoms. The van der Waals surface area contributed by atoms with Crippen LogP contribution < -0.4 is 20.1 Å². The van der Waals surface area contributed by atoms with Gasteiger partial charge in [-0.3, -0.25) is 4.79 Å². The van der Waals surface area contributed by atoms with Gasteiger partial charge < -0.3 is 20.1 Å². The summed E-state index contributed by atoms with van der Waals surface area (Å²) < 4.78 is 10.4. The summed E-state index contributed by atoms with van der Waals surface area (Å²) >= 11 is 11.9. The van der Waals surface area contributed by atoms with Crippen molar-refractivity contribution >= 4 is 40.5 Å². The molecule has 2 rings (SSSR count). The van der Waals surface area contributed by atoms with Crippen molar-refractivity contribution in [1.82, 2.24) is 0 Å². The van der Waals surface area contributed by atoms with Crippen molar-refractivity contribution in [2.45, 2.75) is 6.42 Å². The Bertz CT molecular complexity index is 723. The van der Waals surface area contributed by atoms with Crippen LogP contribution in [0.4, 0.5) is 11.4 Å². The van der Waals surface area contributed by atoms with Crippen molar-refractivity contribution in [3.05, 3.63) is 46.4 Å². The standard InChI is InChI=1S/C17H18Cl2N2O3/c1-23-12-4-6-14(16(10-12)24-2)20-8-7-17(22)21-15-9-11(18)3-5-13(15)19/h3-6,9-10,20H,7-8H2,1-2H3,(H,21,22). The Morgan fingerprint density at radius 3 is 2.54 bits per heavy atom. The molecule has 0 heterocycles. The Balaban J connectivity index is 1.90. The molecule has 0 atom stereocenters. The van der Waals surface area contributed by atoms with Gasteiger partial charge in [0.15, 0.2) is 0 Å². The monoisotopic (exact) mass is 368 g/mol. The van der Waals surface area contributed by atoms with Gasteiger partial charge in [0.05, 0.1) is 30.6 Å². The average Bonchev–Trinajstić information content (AvgIpc) is 2.58. The van der Waals surface area contributed by atoms with E-state index < -0.39 is 0 Å². The number of hydrogen-bond acceptors (Lipinski definition) is 4. The topological polar surface area (TPSA) is 59.6 Å². The maximum Gasteiger partial charge on any atom is 0.226 e. The number of rotatable bonds is 7. The van der Waals surface area contributed by atoms with E-state index in [-0.39, 0.29) is 12.3 Å². The lowest BCUT2D eigenvalue weighted by molar-refractivity contribution is -0.115. The Labute approximate surface area is 150 Å². The summed E-state index contributed by atoms with van der Waals surface area (Å²) in [5, 5.41) is 6.85. The van der Waals surface area contributed by atoms with Crippen molar-refractivity contribution in [2.75, 3.05) is 31.4 Å². The predicted molar refractivity (Wildman–Crippen MR) is 97.7 cm³/mol. The van der Waals surface area contributed by atoms with Crippen molar-refractivity contribution in [3.8, 4) is 11.5 Å². The third-order valence-corrected chi connectivity index (χ3v) is 3.84. The average molecular weight is 369 g/mol. The third-order valence-electron chi connectivity index (χ3n) is 3.28. The van der Waals surface area contributed by atoms with Crippen molar-refractivity contribution in [3.63, 3.8) is 0 Å². The van der Waals surface area contributed by atoms with Gasteiger partial charge in [-0.2, -0.15) is 0 Å². The molecule has 0 unspecified atom stereocenters. The highest BCUT2D eigenvalue weighted by Gasteiger charge is 2.08. The molecule has 0 saturated heterocycles. The minimum atomic E-state index is -0.167. The molecule has 0 spiro atoms. The Morgan fingerprint density at radius 2 is 1.83 bits per heavy atom. The second kappa shape index (κ2) is 8.66. The van der Waals surface area contributed by atoms with Gasteiger partial charge in [0.2, 0.25) is 5.91 Å². The number of carbonyl (C=O) groups is 1. The summed E-state index contributed by atoms with van der Waals surface area (Å²) in [5.74, 6) is 1.18. The minimum Gasteiger partial charge on any atom is -0.497 e. The van der Waals surface area contributed by atoms with Crippen LogP contribution in [-0.2, 0) is 4.79 Å². The van der Waals surface area contributed by atoms with E-state index in [0.29, 0.717) is 33.8 Å². The molecular weight excluding hydrogens is 351 g/mol. The van der Waals surface area contributed by atoms with Crippen LogP contribution in [0, 0.1) is 0 Å². The number of carbonyl (C=O) groups excluding carboxylic acids is 1. The van der Waals surface area contributed by atoms with Crippen molar-refractivity contribution in [2.24, 2.45) is 0 Å². The van der Waals surface area contributed by atoms with Crippen LogP contribution in [0.25, 0.3) is 0 Å². The number of hydrogen-bond donors (Lipinski definition) is 2. The van der Waals surface area contributed by atoms with E-state index in [4.69, 9.17) is 32.7 Å². The number of amides is 1. The molecule has 0 aliphatic rings. The molecule has 24 heavy (non-hydrogen) atoms. The van der Waals surface area contributed by atoms with Crippen LogP contribution >= 0.6 is 23.2 Å². The summed E-state index contributed by atoms with van der Waals surface area (Å²) in [6.45, 7) is 0.437. The molecule has 2 aromatic carbocycles. The number of ether oxygens (including phenoxy) is 2. The predicted octanol–water partition coefficient (Wildman–Crippen LogP) is 4.45. The highest BCUT2D eigenvalue weighted by atomic mass is 35.5. The molecule has 0 aromatic heterocycles. The van der Waals surface area contributed by atoms with E-state index in [1.807, 2.05) is 12.1 Å². The fraction of sp³-hybridized carbons (Fsp3) is 0.235. The second-order valence-electron chi connectivity index (χ2n) is 4.92. The normalized spacial score (nSPS) is 10.2. The molecule has 2 aromatic rings. The molecule has 128 valence electrons. The van der Waals surface area contributed by atoms with Gasteiger partial charge in [-0.15, -0.1) is 0 Å². The Morgan fingerprint density at radius 1 is 1.04 bits per heavy atom. The van der Waals surface area contributed by atoms with Gasteiger partial charge in [0.25, 0.3) is 0 Å². The summed E-state index contributed by atoms with van der Waals surface area (Å²) in [5.41, 5.74) is 1.28. The summed E-state index contributed by atoms with van der Waals surface area (Å²) in [6, 6.07) is 10.3. The largest absolute Gasteiger partial charge is 0.497 e. The zero-order valence-electron chi connectivity index (χ0n) is 13.4. The van der Waals surface area contributed by atoms with E-state index in [2.05, 4.69) is 10.6 Å². The van der Waals surface area contributed by atoms with E-state index >= 15 is 0 Å². The highest BCUT2D eigenvalue weighted by molar-refractivity contribution is 6.35. The summed E-state index contributed by atoms with van der Waals surface area (Å²) in [6.07, 6.45) is 0.262. The van der Waals surface area contributed by atoms with Gasteiger partial charge >= 0.3 is 0 Å². The van der Waals surface area contributed by atoms with Crippen LogP contribution in [-0.4, -0.2) is 26.7 Å². The smallest absolute Gasteiger partial charge is 0.226 e. The highest BCUT2D eigenvalue weighted by Crippen LogP contribution is 2.29. The maximum atomic E-state index is 12.0. The number of methoxy groups -OCH3 is 2. The molecule has 0 radical (unpaired) electrons. The second-order valence-corrected chi connectivity index (χ2v) is 5.76. The summed E-state index contributed by atoms with van der Waals surface area (Å²) in [7, 11) is 3.17. The molecule has 0 aliphatic carbocycles.